The number of aryl methyl sites for hydroxylation is 1. The van der Waals surface area contributed by atoms with Gasteiger partial charge in [-0.25, -0.2) is 13.8 Å². The number of nitrogens with zero attached hydrogens (tertiary/aromatic N) is 2. The highest BCUT2D eigenvalue weighted by Gasteiger charge is 2.12. The number of benzene rings is 1. The van der Waals surface area contributed by atoms with Gasteiger partial charge in [-0.3, -0.25) is 9.36 Å². The van der Waals surface area contributed by atoms with Gasteiger partial charge in [0, 0.05) is 12.6 Å². The van der Waals surface area contributed by atoms with E-state index in [4.69, 9.17) is 0 Å². The van der Waals surface area contributed by atoms with Crippen LogP contribution in [0.4, 0.5) is 8.78 Å². The Morgan fingerprint density at radius 3 is 2.69 bits per heavy atom. The van der Waals surface area contributed by atoms with Gasteiger partial charge in [-0.05, 0) is 19.9 Å². The zero-order chi connectivity index (χ0) is 11.9. The van der Waals surface area contributed by atoms with Crippen LogP contribution < -0.4 is 5.56 Å². The Hall–Kier alpha value is -1.78. The summed E-state index contributed by atoms with van der Waals surface area (Å²) < 4.78 is 27.8. The summed E-state index contributed by atoms with van der Waals surface area (Å²) in [6.45, 7) is 3.82. The second kappa shape index (κ2) is 3.66. The first-order valence-electron chi connectivity index (χ1n) is 4.90. The van der Waals surface area contributed by atoms with Crippen LogP contribution in [0, 0.1) is 18.6 Å². The van der Waals surface area contributed by atoms with Gasteiger partial charge < -0.3 is 0 Å². The van der Waals surface area contributed by atoms with E-state index in [0.717, 1.165) is 12.1 Å². The van der Waals surface area contributed by atoms with Gasteiger partial charge in [-0.2, -0.15) is 0 Å². The largest absolute Gasteiger partial charge is 0.297 e. The summed E-state index contributed by atoms with van der Waals surface area (Å²) in [5.74, 6) is -1.15. The molecule has 0 aliphatic rings. The molecule has 2 rings (SSSR count). The standard InChI is InChI=1S/C11H10F2N2O/c1-3-15-6(2)14-10-8(11(15)16)4-7(12)5-9(10)13/h4-5H,3H2,1-2H3. The molecule has 16 heavy (non-hydrogen) atoms. The monoisotopic (exact) mass is 224 g/mol. The lowest BCUT2D eigenvalue weighted by molar-refractivity contribution is 0.587. The Balaban J connectivity index is 2.99. The van der Waals surface area contributed by atoms with Crippen molar-refractivity contribution in [2.24, 2.45) is 0 Å². The van der Waals surface area contributed by atoms with Crippen molar-refractivity contribution >= 4 is 10.9 Å². The average Bonchev–Trinajstić information content (AvgIpc) is 2.21. The van der Waals surface area contributed by atoms with E-state index in [1.165, 1.54) is 4.57 Å². The Labute approximate surface area is 90.3 Å². The molecule has 3 nitrogen and oxygen atoms in total. The van der Waals surface area contributed by atoms with Crippen molar-refractivity contribution < 1.29 is 8.78 Å². The molecular formula is C11H10F2N2O. The molecule has 0 unspecified atom stereocenters. The van der Waals surface area contributed by atoms with E-state index in [2.05, 4.69) is 4.98 Å². The minimum absolute atomic E-state index is 0.0232. The lowest BCUT2D eigenvalue weighted by Crippen LogP contribution is -2.23. The maximum absolute atomic E-state index is 13.4. The highest BCUT2D eigenvalue weighted by atomic mass is 19.1. The van der Waals surface area contributed by atoms with E-state index < -0.39 is 17.2 Å². The fourth-order valence-corrected chi connectivity index (χ4v) is 1.73. The molecule has 0 N–H and O–H groups in total. The van der Waals surface area contributed by atoms with Gasteiger partial charge in [-0.15, -0.1) is 0 Å². The minimum Gasteiger partial charge on any atom is -0.297 e. The van der Waals surface area contributed by atoms with Crippen molar-refractivity contribution in [1.82, 2.24) is 9.55 Å². The molecule has 0 aliphatic heterocycles. The first-order chi connectivity index (χ1) is 7.54. The Kier molecular flexibility index (Phi) is 2.46. The fourth-order valence-electron chi connectivity index (χ4n) is 1.73. The summed E-state index contributed by atoms with van der Waals surface area (Å²) in [7, 11) is 0. The number of aromatic nitrogens is 2. The Morgan fingerprint density at radius 1 is 1.38 bits per heavy atom. The Morgan fingerprint density at radius 2 is 2.06 bits per heavy atom. The van der Waals surface area contributed by atoms with Gasteiger partial charge in [-0.1, -0.05) is 0 Å². The van der Waals surface area contributed by atoms with Crippen LogP contribution >= 0.6 is 0 Å². The molecule has 0 saturated carbocycles. The molecule has 0 fully saturated rings. The van der Waals surface area contributed by atoms with E-state index in [0.29, 0.717) is 12.4 Å². The van der Waals surface area contributed by atoms with Crippen molar-refractivity contribution in [2.75, 3.05) is 0 Å². The molecule has 0 amide bonds. The molecule has 0 aliphatic carbocycles. The third-order valence-electron chi connectivity index (χ3n) is 2.48. The molecule has 0 bridgehead atoms. The molecule has 5 heteroatoms. The van der Waals surface area contributed by atoms with Gasteiger partial charge in [0.1, 0.15) is 17.2 Å². The molecule has 84 valence electrons. The van der Waals surface area contributed by atoms with Crippen LogP contribution in [0.3, 0.4) is 0 Å². The molecular weight excluding hydrogens is 214 g/mol. The summed E-state index contributed by atoms with van der Waals surface area (Å²) >= 11 is 0. The molecule has 0 saturated heterocycles. The highest BCUT2D eigenvalue weighted by molar-refractivity contribution is 5.78. The third kappa shape index (κ3) is 1.48. The first-order valence-corrected chi connectivity index (χ1v) is 4.90. The van der Waals surface area contributed by atoms with Gasteiger partial charge in [0.25, 0.3) is 5.56 Å². The highest BCUT2D eigenvalue weighted by Crippen LogP contribution is 2.14. The molecule has 1 aromatic heterocycles. The van der Waals surface area contributed by atoms with Crippen LogP contribution in [0.5, 0.6) is 0 Å². The lowest BCUT2D eigenvalue weighted by atomic mass is 10.2. The fraction of sp³-hybridized carbons (Fsp3) is 0.273. The van der Waals surface area contributed by atoms with Crippen molar-refractivity contribution in [3.8, 4) is 0 Å². The molecule has 0 spiro atoms. The van der Waals surface area contributed by atoms with E-state index in [-0.39, 0.29) is 10.9 Å². The molecule has 0 radical (unpaired) electrons. The zero-order valence-corrected chi connectivity index (χ0v) is 8.92. The number of fused-ring (bicyclic) bond motifs is 1. The quantitative estimate of drug-likeness (QED) is 0.742. The second-order valence-corrected chi connectivity index (χ2v) is 3.49. The number of rotatable bonds is 1. The lowest BCUT2D eigenvalue weighted by Gasteiger charge is -2.08. The van der Waals surface area contributed by atoms with E-state index in [1.807, 2.05) is 0 Å². The van der Waals surface area contributed by atoms with Crippen molar-refractivity contribution in [3.63, 3.8) is 0 Å². The predicted octanol–water partition coefficient (Wildman–Crippen LogP) is 2.00. The smallest absolute Gasteiger partial charge is 0.261 e. The molecule has 1 aromatic carbocycles. The second-order valence-electron chi connectivity index (χ2n) is 3.49. The number of hydrogen-bond donors (Lipinski definition) is 0. The normalized spacial score (nSPS) is 11.0. The first kappa shape index (κ1) is 10.7. The summed E-state index contributed by atoms with van der Waals surface area (Å²) in [5.41, 5.74) is -0.489. The molecule has 0 atom stereocenters. The predicted molar refractivity (Wildman–Crippen MR) is 56.3 cm³/mol. The number of halogens is 2. The summed E-state index contributed by atoms with van der Waals surface area (Å²) in [4.78, 5) is 15.8. The van der Waals surface area contributed by atoms with Crippen LogP contribution in [-0.2, 0) is 6.54 Å². The summed E-state index contributed by atoms with van der Waals surface area (Å²) in [5, 5.41) is -0.0232. The van der Waals surface area contributed by atoms with E-state index in [9.17, 15) is 13.6 Å². The number of hydrogen-bond acceptors (Lipinski definition) is 2. The molecule has 2 aromatic rings. The summed E-state index contributed by atoms with van der Waals surface area (Å²) in [6, 6.07) is 1.74. The van der Waals surface area contributed by atoms with Crippen LogP contribution in [0.25, 0.3) is 10.9 Å². The van der Waals surface area contributed by atoms with Crippen LogP contribution in [0.15, 0.2) is 16.9 Å². The van der Waals surface area contributed by atoms with Gasteiger partial charge >= 0.3 is 0 Å². The van der Waals surface area contributed by atoms with Crippen LogP contribution in [-0.4, -0.2) is 9.55 Å². The van der Waals surface area contributed by atoms with Crippen molar-refractivity contribution in [3.05, 3.63) is 39.9 Å². The van der Waals surface area contributed by atoms with Crippen LogP contribution in [0.1, 0.15) is 12.7 Å². The maximum Gasteiger partial charge on any atom is 0.261 e. The minimum atomic E-state index is -0.807. The van der Waals surface area contributed by atoms with Gasteiger partial charge in [0.05, 0.1) is 5.39 Å². The third-order valence-corrected chi connectivity index (χ3v) is 2.48. The zero-order valence-electron chi connectivity index (χ0n) is 8.92. The van der Waals surface area contributed by atoms with Crippen molar-refractivity contribution in [2.45, 2.75) is 20.4 Å². The SMILES string of the molecule is CCn1c(C)nc2c(F)cc(F)cc2c1=O. The van der Waals surface area contributed by atoms with Gasteiger partial charge in [0.15, 0.2) is 5.82 Å². The van der Waals surface area contributed by atoms with Crippen LogP contribution in [0.2, 0.25) is 0 Å². The van der Waals surface area contributed by atoms with E-state index >= 15 is 0 Å². The van der Waals surface area contributed by atoms with E-state index in [1.54, 1.807) is 13.8 Å². The molecule has 1 heterocycles. The van der Waals surface area contributed by atoms with Gasteiger partial charge in [0.2, 0.25) is 0 Å². The topological polar surface area (TPSA) is 34.9 Å². The maximum atomic E-state index is 13.4. The average molecular weight is 224 g/mol. The van der Waals surface area contributed by atoms with Crippen molar-refractivity contribution in [1.29, 1.82) is 0 Å². The Bertz CT molecular complexity index is 619. The summed E-state index contributed by atoms with van der Waals surface area (Å²) in [6.07, 6.45) is 0.